The molecule has 4 aliphatic heterocycles. The number of phosphoric ester groups is 4. The number of ether oxygens (including phenoxy) is 8. The van der Waals surface area contributed by atoms with Gasteiger partial charge >= 0.3 is 22.9 Å². The first-order chi connectivity index (χ1) is 61.8. The third-order valence-corrected chi connectivity index (χ3v) is 30.6. The van der Waals surface area contributed by atoms with E-state index in [2.05, 4.69) is 128 Å². The molecule has 0 radical (unpaired) electrons. The van der Waals surface area contributed by atoms with Crippen LogP contribution >= 0.6 is 93.9 Å². The first-order valence-corrected chi connectivity index (χ1v) is 52.0. The zero-order valence-corrected chi connectivity index (χ0v) is 76.0. The summed E-state index contributed by atoms with van der Waals surface area (Å²) >= 11 is 0. The number of imidazole rings is 2. The second kappa shape index (κ2) is 47.4. The lowest BCUT2D eigenvalue weighted by atomic mass is 10.2. The first-order valence-electron chi connectivity index (χ1n) is 34.3. The van der Waals surface area contributed by atoms with Gasteiger partial charge in [0, 0.05) is 63.3 Å². The summed E-state index contributed by atoms with van der Waals surface area (Å²) in [5.74, 6) is -0.111. The summed E-state index contributed by atoms with van der Waals surface area (Å²) in [4.78, 5) is 251. The fraction of sp³-hybridized carbons (Fsp3) is 0.581. The van der Waals surface area contributed by atoms with Gasteiger partial charge < -0.3 is 161 Å². The molecular weight excluding hydrogens is 2100 g/mol. The standard InChI is InChI=1S/C11H17N8O13P3.C11H17N8O12P3.C11H18N5O14P3.C10H17N6O13P3/c12-11-17-10(20)8-9(15-3-14-8)19(11)7-1-5(28-4-16-18-13)6(30-7)2-29-34(24,25)32-35(26,27)31-33(21,22)23;12-10-9-11(15-3-14-9)19(4-16-10)8-1-6(27-5-17-18-13)7(29-8)2-28-33(23,24)31-34(25,26)30-32(20,21)22;1-6-3-16(11(18)14-10(6)17)9-2-7(26-5-13-15-12)8(28-9)4-27-32(22,23)30-33(24,25)29-31(19,20)21;11-8-1-2-16(10(17)14-8)9-3-6(25-5-13-15-12)7(27-9)4-26-31(21,22)29-32(23,24)28-30(18,19)20/h3,5-7H,1-2,4H2,(H7,12,14,15,17,20,21,22,23,24,25,26,27);3-4,6-8H,1-2,5H2,(H6,12,14,15,20,21,22,23,24,25,26);3,7-9H,2,4-5H2,1H3,(H,22,23)(H,24,25)(H,14,17,18)(H2,19,20,21);1-2,6-7,9H,3-5H2,(H,21,22)(H,23,24)(H2,11,14,17)(H2,18,19,20)/p-10/t5-,6-,7-;6-,7-,8-;7-,8-,9-;6-,7-,9-/m1111/s1. The number of nitrogens with one attached hydrogen (secondary N) is 4. The number of aryl methyl sites for hydroxylation is 1. The van der Waals surface area contributed by atoms with E-state index < -0.39 is 243 Å². The van der Waals surface area contributed by atoms with Crippen LogP contribution in [0, 0.1) is 6.92 Å². The number of aromatic nitrogens is 12. The maximum absolute atomic E-state index is 12.1. The van der Waals surface area contributed by atoms with Crippen molar-refractivity contribution in [1.82, 2.24) is 49.0 Å². The Balaban J connectivity index is 0.000000244. The van der Waals surface area contributed by atoms with Crippen LogP contribution in [-0.4, -0.2) is 171 Å². The first kappa shape index (κ1) is 113. The quantitative estimate of drug-likeness (QED) is 0.00556. The molecule has 10 rings (SSSR count). The van der Waals surface area contributed by atoms with Crippen molar-refractivity contribution in [2.75, 3.05) is 70.6 Å². The summed E-state index contributed by atoms with van der Waals surface area (Å²) < 4.78 is 227. The average Bonchev–Trinajstić information content (AvgIpc) is 1.62. The molecule has 748 valence electrons. The molecule has 4 aliphatic rings. The highest BCUT2D eigenvalue weighted by atomic mass is 31.3. The Morgan fingerprint density at radius 1 is 0.470 bits per heavy atom. The van der Waals surface area contributed by atoms with Crippen LogP contribution in [-0.2, 0) is 145 Å². The number of aromatic amines is 4. The fourth-order valence-corrected chi connectivity index (χ4v) is 22.6. The Bertz CT molecular complexity index is 6280. The zero-order chi connectivity index (χ0) is 100. The normalized spacial score (nSPS) is 25.9. The van der Waals surface area contributed by atoms with Gasteiger partial charge in [-0.1, -0.05) is 30.4 Å². The predicted molar refractivity (Wildman–Crippen MR) is 391 cm³/mol. The third kappa shape index (κ3) is 37.0. The van der Waals surface area contributed by atoms with Crippen LogP contribution in [0.1, 0.15) is 56.2 Å². The molecule has 14 N–H and O–H groups in total. The Morgan fingerprint density at radius 2 is 0.821 bits per heavy atom. The summed E-state index contributed by atoms with van der Waals surface area (Å²) in [7, 11) is -70.9. The van der Waals surface area contributed by atoms with Crippen LogP contribution in [0.4, 0.5) is 17.6 Å². The molecule has 24 atom stereocenters. The SMILES string of the molecule is Cc1cn([C@H]2C[C@@H](OCN=[N+]=[N-])[C@@H](COP(=O)([O-])OP(=O)([O-])OP(=O)([O-])O)O2)c(=O)[nH]c1=O.[N-]=[N+]=NCO[C@@H]1C[C@H]([n+]2c(N)[nH]c(=O)c3[nH]cnc32)O[C@@H]1COP(=O)([O-])OP(=O)([O-])OP(=O)([O-])O.[N-]=[N+]=NCO[C@@H]1C[C@H]([n+]2cnc(N)c3[nH]cnc32)O[C@@H]1COP(=O)([O-])OP(=O)([O-])OP(=O)([O-])O.[N-]=[N+]=NCO[C@@H]1C[C@H](n2ccc(N)nc2=O)O[C@@H]1COP(=O)([O-])OP(=O)([O-])OP(=O)([O-])O. The molecule has 0 aliphatic carbocycles. The molecule has 134 heavy (non-hydrogen) atoms. The summed E-state index contributed by atoms with van der Waals surface area (Å²) in [6, 6.07) is 1.28. The molecule has 10 heterocycles. The summed E-state index contributed by atoms with van der Waals surface area (Å²) in [6.45, 7) is -4.33. The van der Waals surface area contributed by atoms with Crippen LogP contribution in [0.3, 0.4) is 0 Å². The van der Waals surface area contributed by atoms with Crippen LogP contribution in [0.15, 0.2) is 77.1 Å². The number of H-pyrrole nitrogens is 4. The van der Waals surface area contributed by atoms with Gasteiger partial charge in [-0.05, 0) is 35.1 Å². The summed E-state index contributed by atoms with van der Waals surface area (Å²) in [6.07, 6.45) is -7.16. The minimum absolute atomic E-state index is 0.0391. The van der Waals surface area contributed by atoms with Crippen molar-refractivity contribution in [3.63, 3.8) is 0 Å². The largest absolute Gasteiger partial charge is 0.756 e. The van der Waals surface area contributed by atoms with E-state index in [1.807, 2.05) is 4.98 Å². The van der Waals surface area contributed by atoms with Crippen LogP contribution in [0.5, 0.6) is 0 Å². The highest BCUT2D eigenvalue weighted by Crippen LogP contribution is 2.65. The van der Waals surface area contributed by atoms with Crippen molar-refractivity contribution >= 4 is 134 Å². The van der Waals surface area contributed by atoms with Crippen molar-refractivity contribution < 1.29 is 233 Å². The molecule has 91 heteroatoms. The molecular formula is C43H59N27O52P12-10. The number of anilines is 3. The van der Waals surface area contributed by atoms with Crippen molar-refractivity contribution in [1.29, 1.82) is 0 Å². The number of fused-ring (bicyclic) bond motifs is 2. The maximum Gasteiger partial charge on any atom is 0.351 e. The minimum Gasteiger partial charge on any atom is -0.756 e. The smallest absolute Gasteiger partial charge is 0.351 e. The predicted octanol–water partition coefficient (Wildman–Crippen LogP) is -7.83. The monoisotopic (exact) mass is 2160 g/mol. The van der Waals surface area contributed by atoms with Gasteiger partial charge in [0.25, 0.3) is 111 Å². The van der Waals surface area contributed by atoms with Gasteiger partial charge in [0.05, 0.1) is 50.8 Å². The van der Waals surface area contributed by atoms with E-state index in [4.69, 9.17) is 96.8 Å². The van der Waals surface area contributed by atoms with Crippen molar-refractivity contribution in [3.8, 4) is 0 Å². The molecule has 0 bridgehead atoms. The fourth-order valence-electron chi connectivity index (χ4n) is 11.1. The minimum atomic E-state index is -6.09. The lowest BCUT2D eigenvalue weighted by molar-refractivity contribution is -0.740. The van der Waals surface area contributed by atoms with Crippen LogP contribution < -0.4 is 108 Å². The number of azide groups is 4. The number of nitrogens with zero attached hydrogens (tertiary/aromatic N) is 20. The van der Waals surface area contributed by atoms with Gasteiger partial charge in [0.2, 0.25) is 12.1 Å². The van der Waals surface area contributed by atoms with Crippen LogP contribution in [0.25, 0.3) is 64.1 Å². The number of hydrogen-bond acceptors (Lipinski definition) is 59. The number of nitrogens with two attached hydrogens (primary N) is 3. The van der Waals surface area contributed by atoms with Crippen molar-refractivity contribution in [3.05, 3.63) is 126 Å². The molecule has 12 unspecified atom stereocenters. The van der Waals surface area contributed by atoms with E-state index in [0.717, 1.165) is 9.13 Å². The molecule has 6 aromatic rings. The molecule has 0 amide bonds. The van der Waals surface area contributed by atoms with E-state index in [1.54, 1.807) is 0 Å². The third-order valence-electron chi connectivity index (χ3n) is 15.8. The molecule has 4 fully saturated rings. The summed E-state index contributed by atoms with van der Waals surface area (Å²) in [5.41, 5.74) is 48.6. The van der Waals surface area contributed by atoms with Gasteiger partial charge in [-0.15, -0.1) is 4.98 Å². The van der Waals surface area contributed by atoms with E-state index in [-0.39, 0.29) is 60.0 Å². The Morgan fingerprint density at radius 3 is 1.20 bits per heavy atom. The van der Waals surface area contributed by atoms with Gasteiger partial charge in [-0.25, -0.2) is 53.6 Å². The van der Waals surface area contributed by atoms with Crippen molar-refractivity contribution in [2.45, 2.75) is 106 Å². The number of phosphoric acid groups is 12. The molecule has 4 saturated heterocycles. The molecule has 79 nitrogen and oxygen atoms in total. The van der Waals surface area contributed by atoms with Gasteiger partial charge in [-0.3, -0.25) is 78.5 Å². The topological polar surface area (TPSA) is 1220 Å². The second-order valence-corrected chi connectivity index (χ2v) is 42.1. The Labute approximate surface area is 736 Å². The average molecular weight is 2160 g/mol. The highest BCUT2D eigenvalue weighted by Gasteiger charge is 2.46. The number of hydrogen-bond donors (Lipinski definition) is 11. The lowest BCUT2D eigenvalue weighted by Crippen LogP contribution is -2.46. The van der Waals surface area contributed by atoms with Gasteiger partial charge in [-0.2, -0.15) is 9.55 Å². The van der Waals surface area contributed by atoms with Gasteiger partial charge in [0.1, 0.15) is 69.6 Å². The number of rotatable bonds is 44. The van der Waals surface area contributed by atoms with Crippen LogP contribution in [0.2, 0.25) is 0 Å². The lowest BCUT2D eigenvalue weighted by Gasteiger charge is -2.33. The highest BCUT2D eigenvalue weighted by molar-refractivity contribution is 7.67. The number of nitrogen functional groups attached to an aromatic ring is 3. The molecule has 6 aromatic heterocycles. The van der Waals surface area contributed by atoms with E-state index >= 15 is 0 Å². The zero-order valence-electron chi connectivity index (χ0n) is 65.3. The van der Waals surface area contributed by atoms with E-state index in [9.17, 15) is 133 Å². The molecule has 0 aromatic carbocycles. The van der Waals surface area contributed by atoms with Crippen molar-refractivity contribution in [2.24, 2.45) is 20.5 Å². The Hall–Kier alpha value is -7.58. The molecule has 0 spiro atoms. The van der Waals surface area contributed by atoms with E-state index in [1.165, 1.54) is 53.5 Å². The van der Waals surface area contributed by atoms with E-state index in [0.29, 0.717) is 11.2 Å². The second-order valence-electron chi connectivity index (χ2n) is 25.0. The Kier molecular flexibility index (Phi) is 40.1. The maximum atomic E-state index is 12.1. The summed E-state index contributed by atoms with van der Waals surface area (Å²) in [5, 5.41) is 12.7. The van der Waals surface area contributed by atoms with Gasteiger partial charge in [0.15, 0.2) is 36.1 Å². The molecule has 0 saturated carbocycles.